The molecule has 0 fully saturated rings. The van der Waals surface area contributed by atoms with E-state index in [4.69, 9.17) is 0 Å². The molecular formula is C18H20N2O2S. The first kappa shape index (κ1) is 17.0. The van der Waals surface area contributed by atoms with Gasteiger partial charge in [0.25, 0.3) is 11.8 Å². The molecule has 0 saturated heterocycles. The number of rotatable bonds is 4. The van der Waals surface area contributed by atoms with Crippen molar-refractivity contribution in [2.75, 3.05) is 14.1 Å². The van der Waals surface area contributed by atoms with E-state index < -0.39 is 0 Å². The summed E-state index contributed by atoms with van der Waals surface area (Å²) in [5.74, 6) is -0.529. The van der Waals surface area contributed by atoms with Gasteiger partial charge in [-0.05, 0) is 49.1 Å². The van der Waals surface area contributed by atoms with Crippen LogP contribution >= 0.6 is 11.3 Å². The molecular weight excluding hydrogens is 308 g/mol. The van der Waals surface area contributed by atoms with Crippen LogP contribution in [-0.2, 0) is 4.79 Å². The summed E-state index contributed by atoms with van der Waals surface area (Å²) < 4.78 is 0. The number of carbonyl (C=O) groups excluding carboxylic acids is 2. The number of hydrogen-bond donors (Lipinski definition) is 1. The number of aryl methyl sites for hydroxylation is 2. The van der Waals surface area contributed by atoms with E-state index in [-0.39, 0.29) is 17.5 Å². The highest BCUT2D eigenvalue weighted by Crippen LogP contribution is 2.19. The third-order valence-electron chi connectivity index (χ3n) is 3.38. The fourth-order valence-electron chi connectivity index (χ4n) is 1.96. The largest absolute Gasteiger partial charge is 0.344 e. The van der Waals surface area contributed by atoms with Gasteiger partial charge in [0, 0.05) is 24.5 Å². The van der Waals surface area contributed by atoms with Gasteiger partial charge in [0.05, 0.1) is 0 Å². The first-order chi connectivity index (χ1) is 10.9. The SMILES string of the molecule is Cc1ccc(C(=O)N/C(=C/c2sccc2C)C(=O)N(C)C)cc1. The number of nitrogens with zero attached hydrogens (tertiary/aromatic N) is 1. The lowest BCUT2D eigenvalue weighted by Gasteiger charge is -2.15. The number of hydrogen-bond acceptors (Lipinski definition) is 3. The molecule has 0 saturated carbocycles. The van der Waals surface area contributed by atoms with E-state index in [1.165, 1.54) is 16.2 Å². The lowest BCUT2D eigenvalue weighted by atomic mass is 10.1. The summed E-state index contributed by atoms with van der Waals surface area (Å²) >= 11 is 1.53. The molecule has 0 unspecified atom stereocenters. The van der Waals surface area contributed by atoms with Crippen molar-refractivity contribution >= 4 is 29.2 Å². The molecule has 1 aromatic heterocycles. The minimum atomic E-state index is -0.291. The Labute approximate surface area is 140 Å². The molecule has 5 heteroatoms. The van der Waals surface area contributed by atoms with E-state index >= 15 is 0 Å². The third kappa shape index (κ3) is 4.29. The molecule has 120 valence electrons. The van der Waals surface area contributed by atoms with Crippen molar-refractivity contribution < 1.29 is 9.59 Å². The highest BCUT2D eigenvalue weighted by molar-refractivity contribution is 7.11. The van der Waals surface area contributed by atoms with Gasteiger partial charge in [-0.3, -0.25) is 9.59 Å². The highest BCUT2D eigenvalue weighted by Gasteiger charge is 2.16. The average Bonchev–Trinajstić information content (AvgIpc) is 2.91. The minimum Gasteiger partial charge on any atom is -0.344 e. The first-order valence-electron chi connectivity index (χ1n) is 7.24. The zero-order valence-corrected chi connectivity index (χ0v) is 14.5. The van der Waals surface area contributed by atoms with Gasteiger partial charge < -0.3 is 10.2 Å². The molecule has 2 aromatic rings. The van der Waals surface area contributed by atoms with Crippen molar-refractivity contribution in [2.24, 2.45) is 0 Å². The molecule has 1 heterocycles. The van der Waals surface area contributed by atoms with Gasteiger partial charge in [0.1, 0.15) is 5.70 Å². The monoisotopic (exact) mass is 328 g/mol. The van der Waals surface area contributed by atoms with Crippen LogP contribution in [0.15, 0.2) is 41.4 Å². The van der Waals surface area contributed by atoms with Gasteiger partial charge in [-0.1, -0.05) is 17.7 Å². The maximum Gasteiger partial charge on any atom is 0.269 e. The summed E-state index contributed by atoms with van der Waals surface area (Å²) in [6.45, 7) is 3.93. The molecule has 0 aliphatic carbocycles. The molecule has 2 amide bonds. The molecule has 0 spiro atoms. The topological polar surface area (TPSA) is 49.4 Å². The third-order valence-corrected chi connectivity index (χ3v) is 4.34. The zero-order valence-electron chi connectivity index (χ0n) is 13.7. The normalized spacial score (nSPS) is 11.2. The zero-order chi connectivity index (χ0) is 17.0. The summed E-state index contributed by atoms with van der Waals surface area (Å²) in [6, 6.07) is 9.22. The van der Waals surface area contributed by atoms with E-state index in [0.29, 0.717) is 5.56 Å². The van der Waals surface area contributed by atoms with Crippen LogP contribution < -0.4 is 5.32 Å². The number of amides is 2. The van der Waals surface area contributed by atoms with E-state index in [1.54, 1.807) is 32.3 Å². The molecule has 0 atom stereocenters. The summed E-state index contributed by atoms with van der Waals surface area (Å²) in [5.41, 5.74) is 2.95. The first-order valence-corrected chi connectivity index (χ1v) is 8.12. The van der Waals surface area contributed by atoms with Crippen LogP contribution in [0.3, 0.4) is 0 Å². The summed E-state index contributed by atoms with van der Waals surface area (Å²) in [4.78, 5) is 27.1. The maximum absolute atomic E-state index is 12.4. The van der Waals surface area contributed by atoms with Crippen molar-refractivity contribution in [1.82, 2.24) is 10.2 Å². The summed E-state index contributed by atoms with van der Waals surface area (Å²) in [7, 11) is 3.32. The molecule has 23 heavy (non-hydrogen) atoms. The van der Waals surface area contributed by atoms with Crippen molar-refractivity contribution in [3.05, 3.63) is 63.0 Å². The summed E-state index contributed by atoms with van der Waals surface area (Å²) in [6.07, 6.45) is 1.73. The predicted octanol–water partition coefficient (Wildman–Crippen LogP) is 3.22. The van der Waals surface area contributed by atoms with Crippen LogP contribution in [0.25, 0.3) is 6.08 Å². The lowest BCUT2D eigenvalue weighted by molar-refractivity contribution is -0.124. The van der Waals surface area contributed by atoms with Gasteiger partial charge in [0.2, 0.25) is 0 Å². The Kier molecular flexibility index (Phi) is 5.34. The average molecular weight is 328 g/mol. The van der Waals surface area contributed by atoms with Crippen LogP contribution in [0, 0.1) is 13.8 Å². The van der Waals surface area contributed by atoms with Crippen LogP contribution in [-0.4, -0.2) is 30.8 Å². The molecule has 1 N–H and O–H groups in total. The minimum absolute atomic E-state index is 0.238. The summed E-state index contributed by atoms with van der Waals surface area (Å²) in [5, 5.41) is 4.70. The number of benzene rings is 1. The molecule has 0 aliphatic heterocycles. The van der Waals surface area contributed by atoms with Crippen molar-refractivity contribution in [3.8, 4) is 0 Å². The highest BCUT2D eigenvalue weighted by atomic mass is 32.1. The Balaban J connectivity index is 2.29. The van der Waals surface area contributed by atoms with Gasteiger partial charge in [-0.25, -0.2) is 0 Å². The van der Waals surface area contributed by atoms with Crippen molar-refractivity contribution in [1.29, 1.82) is 0 Å². The second-order valence-electron chi connectivity index (χ2n) is 5.55. The van der Waals surface area contributed by atoms with Gasteiger partial charge in [-0.15, -0.1) is 11.3 Å². The predicted molar refractivity (Wildman–Crippen MR) is 94.4 cm³/mol. The Morgan fingerprint density at radius 1 is 1.09 bits per heavy atom. The van der Waals surface area contributed by atoms with Crippen LogP contribution in [0.2, 0.25) is 0 Å². The van der Waals surface area contributed by atoms with Gasteiger partial charge in [-0.2, -0.15) is 0 Å². The van der Waals surface area contributed by atoms with E-state index in [2.05, 4.69) is 5.32 Å². The van der Waals surface area contributed by atoms with Crippen molar-refractivity contribution in [3.63, 3.8) is 0 Å². The van der Waals surface area contributed by atoms with E-state index in [0.717, 1.165) is 16.0 Å². The van der Waals surface area contributed by atoms with Crippen LogP contribution in [0.1, 0.15) is 26.4 Å². The Morgan fingerprint density at radius 3 is 2.26 bits per heavy atom. The maximum atomic E-state index is 12.4. The lowest BCUT2D eigenvalue weighted by Crippen LogP contribution is -2.34. The van der Waals surface area contributed by atoms with Gasteiger partial charge in [0.15, 0.2) is 0 Å². The fourth-order valence-corrected chi connectivity index (χ4v) is 2.81. The second-order valence-corrected chi connectivity index (χ2v) is 6.49. The molecule has 4 nitrogen and oxygen atoms in total. The molecule has 1 aromatic carbocycles. The smallest absolute Gasteiger partial charge is 0.269 e. The molecule has 2 rings (SSSR count). The van der Waals surface area contributed by atoms with Gasteiger partial charge >= 0.3 is 0 Å². The molecule has 0 bridgehead atoms. The molecule has 0 aliphatic rings. The Hall–Kier alpha value is -2.40. The number of carbonyl (C=O) groups is 2. The number of nitrogens with one attached hydrogen (secondary N) is 1. The van der Waals surface area contributed by atoms with Crippen molar-refractivity contribution in [2.45, 2.75) is 13.8 Å². The number of likely N-dealkylation sites (N-methyl/N-ethyl adjacent to an activating group) is 1. The van der Waals surface area contributed by atoms with Crippen LogP contribution in [0.5, 0.6) is 0 Å². The second kappa shape index (κ2) is 7.24. The Morgan fingerprint density at radius 2 is 1.74 bits per heavy atom. The van der Waals surface area contributed by atoms with Crippen LogP contribution in [0.4, 0.5) is 0 Å². The Bertz CT molecular complexity index is 743. The standard InChI is InChI=1S/C18H20N2O2S/c1-12-5-7-14(8-6-12)17(21)19-15(18(22)20(3)4)11-16-13(2)9-10-23-16/h5-11H,1-4H3,(H,19,21)/b15-11+. The molecule has 0 radical (unpaired) electrons. The quantitative estimate of drug-likeness (QED) is 0.876. The van der Waals surface area contributed by atoms with E-state index in [9.17, 15) is 9.59 Å². The van der Waals surface area contributed by atoms with E-state index in [1.807, 2.05) is 37.4 Å². The fraction of sp³-hybridized carbons (Fsp3) is 0.222. The number of thiophene rings is 1.